The number of carbonyl (C=O) groups excluding carboxylic acids is 1. The zero-order valence-electron chi connectivity index (χ0n) is 13.8. The van der Waals surface area contributed by atoms with Gasteiger partial charge in [0.2, 0.25) is 0 Å². The van der Waals surface area contributed by atoms with Gasteiger partial charge in [0.15, 0.2) is 0 Å². The molecular formula is C18H18N2O6. The zero-order chi connectivity index (χ0) is 18.9. The number of carbonyl (C=O) groups is 2. The average molecular weight is 358 g/mol. The number of nitrogens with one attached hydrogen (secondary N) is 1. The predicted molar refractivity (Wildman–Crippen MR) is 93.5 cm³/mol. The standard InChI is InChI=1S/C18H18N2O6/c21-16(22)8-4-5-13-9-11-14(12-10-13)19-17(23)18(20(24)25)26-15-6-2-1-3-7-15/h1-3,6-7,9-12,18H,4-5,8H2,(H,19,23)(H,21,22). The summed E-state index contributed by atoms with van der Waals surface area (Å²) in [5, 5.41) is 22.2. The highest BCUT2D eigenvalue weighted by atomic mass is 16.7. The van der Waals surface area contributed by atoms with Crippen LogP contribution in [0.1, 0.15) is 18.4 Å². The summed E-state index contributed by atoms with van der Waals surface area (Å²) in [5.74, 6) is -1.52. The van der Waals surface area contributed by atoms with Gasteiger partial charge in [0, 0.05) is 12.1 Å². The first-order valence-electron chi connectivity index (χ1n) is 7.92. The quantitative estimate of drug-likeness (QED) is 0.404. The van der Waals surface area contributed by atoms with Crippen LogP contribution in [0.5, 0.6) is 5.75 Å². The SMILES string of the molecule is O=C(O)CCCc1ccc(NC(=O)C(Oc2ccccc2)[N+](=O)[O-])cc1. The van der Waals surface area contributed by atoms with Gasteiger partial charge in [0.05, 0.1) is 4.92 Å². The molecule has 8 nitrogen and oxygen atoms in total. The molecule has 2 N–H and O–H groups in total. The molecule has 2 aromatic carbocycles. The molecule has 0 bridgehead atoms. The van der Waals surface area contributed by atoms with Crippen LogP contribution in [0.3, 0.4) is 0 Å². The van der Waals surface area contributed by atoms with Crippen molar-refractivity contribution < 1.29 is 24.4 Å². The van der Waals surface area contributed by atoms with Crippen LogP contribution < -0.4 is 10.1 Å². The molecule has 0 saturated heterocycles. The number of anilines is 1. The van der Waals surface area contributed by atoms with E-state index in [2.05, 4.69) is 5.32 Å². The van der Waals surface area contributed by atoms with Crippen molar-refractivity contribution >= 4 is 17.6 Å². The highest BCUT2D eigenvalue weighted by molar-refractivity contribution is 5.93. The third kappa shape index (κ3) is 5.90. The predicted octanol–water partition coefficient (Wildman–Crippen LogP) is 2.71. The number of ether oxygens (including phenoxy) is 1. The third-order valence-corrected chi connectivity index (χ3v) is 3.48. The molecule has 0 aliphatic heterocycles. The Bertz CT molecular complexity index is 761. The summed E-state index contributed by atoms with van der Waals surface area (Å²) in [7, 11) is 0. The molecule has 2 aromatic rings. The number of nitrogens with zero attached hydrogens (tertiary/aromatic N) is 1. The van der Waals surface area contributed by atoms with Crippen molar-refractivity contribution in [2.75, 3.05) is 5.32 Å². The van der Waals surface area contributed by atoms with Crippen LogP contribution in [0.2, 0.25) is 0 Å². The second-order valence-corrected chi connectivity index (χ2v) is 5.50. The lowest BCUT2D eigenvalue weighted by Gasteiger charge is -2.12. The van der Waals surface area contributed by atoms with Crippen LogP contribution in [0.25, 0.3) is 0 Å². The van der Waals surface area contributed by atoms with Crippen molar-refractivity contribution in [3.05, 3.63) is 70.3 Å². The van der Waals surface area contributed by atoms with E-state index in [-0.39, 0.29) is 12.2 Å². The van der Waals surface area contributed by atoms with E-state index >= 15 is 0 Å². The monoisotopic (exact) mass is 358 g/mol. The van der Waals surface area contributed by atoms with Crippen LogP contribution in [-0.2, 0) is 16.0 Å². The minimum Gasteiger partial charge on any atom is -0.481 e. The van der Waals surface area contributed by atoms with Crippen molar-refractivity contribution in [3.63, 3.8) is 0 Å². The second kappa shape index (κ2) is 9.16. The Labute approximate surface area is 149 Å². The molecule has 0 spiro atoms. The number of hydrogen-bond acceptors (Lipinski definition) is 5. The van der Waals surface area contributed by atoms with Gasteiger partial charge in [0.1, 0.15) is 5.75 Å². The highest BCUT2D eigenvalue weighted by Gasteiger charge is 2.32. The van der Waals surface area contributed by atoms with Gasteiger partial charge in [-0.15, -0.1) is 0 Å². The number of hydrogen-bond donors (Lipinski definition) is 2. The smallest absolute Gasteiger partial charge is 0.433 e. The molecule has 0 heterocycles. The van der Waals surface area contributed by atoms with Crippen molar-refractivity contribution in [1.82, 2.24) is 0 Å². The Morgan fingerprint density at radius 3 is 2.35 bits per heavy atom. The minimum absolute atomic E-state index is 0.0832. The first-order valence-corrected chi connectivity index (χ1v) is 7.92. The molecule has 0 aromatic heterocycles. The van der Waals surface area contributed by atoms with Gasteiger partial charge in [-0.05, 0) is 42.7 Å². The second-order valence-electron chi connectivity index (χ2n) is 5.50. The fourth-order valence-electron chi connectivity index (χ4n) is 2.22. The number of carboxylic acid groups (broad SMARTS) is 1. The van der Waals surface area contributed by atoms with Gasteiger partial charge in [-0.3, -0.25) is 19.7 Å². The number of aryl methyl sites for hydroxylation is 1. The van der Waals surface area contributed by atoms with Gasteiger partial charge in [0.25, 0.3) is 0 Å². The molecule has 1 unspecified atom stereocenters. The Morgan fingerprint density at radius 1 is 1.12 bits per heavy atom. The van der Waals surface area contributed by atoms with Crippen molar-refractivity contribution in [2.24, 2.45) is 0 Å². The molecule has 26 heavy (non-hydrogen) atoms. The first kappa shape index (κ1) is 18.9. The van der Waals surface area contributed by atoms with Gasteiger partial charge >= 0.3 is 18.1 Å². The van der Waals surface area contributed by atoms with Crippen LogP contribution >= 0.6 is 0 Å². The van der Waals surface area contributed by atoms with E-state index in [0.717, 1.165) is 5.56 Å². The summed E-state index contributed by atoms with van der Waals surface area (Å²) in [6, 6.07) is 14.7. The number of amides is 1. The summed E-state index contributed by atoms with van der Waals surface area (Å²) in [6.07, 6.45) is -0.683. The molecule has 2 rings (SSSR count). The van der Waals surface area contributed by atoms with E-state index in [4.69, 9.17) is 9.84 Å². The number of aliphatic carboxylic acids is 1. The molecule has 0 aliphatic rings. The van der Waals surface area contributed by atoms with E-state index in [1.54, 1.807) is 42.5 Å². The summed E-state index contributed by atoms with van der Waals surface area (Å²) in [6.45, 7) is 0. The molecule has 0 aliphatic carbocycles. The molecule has 1 amide bonds. The number of para-hydroxylation sites is 1. The maximum Gasteiger partial charge on any atom is 0.433 e. The van der Waals surface area contributed by atoms with Gasteiger partial charge in [-0.25, -0.2) is 0 Å². The normalized spacial score (nSPS) is 11.4. The van der Waals surface area contributed by atoms with Crippen molar-refractivity contribution in [3.8, 4) is 5.75 Å². The van der Waals surface area contributed by atoms with Crippen LogP contribution in [0, 0.1) is 10.1 Å². The van der Waals surface area contributed by atoms with Crippen molar-refractivity contribution in [2.45, 2.75) is 25.5 Å². The minimum atomic E-state index is -1.87. The fourth-order valence-corrected chi connectivity index (χ4v) is 2.22. The van der Waals surface area contributed by atoms with E-state index in [0.29, 0.717) is 18.5 Å². The Hall–Kier alpha value is -3.42. The lowest BCUT2D eigenvalue weighted by Crippen LogP contribution is -2.39. The number of rotatable bonds is 9. The lowest BCUT2D eigenvalue weighted by atomic mass is 10.1. The van der Waals surface area contributed by atoms with E-state index in [9.17, 15) is 19.7 Å². The summed E-state index contributed by atoms with van der Waals surface area (Å²) >= 11 is 0. The van der Waals surface area contributed by atoms with Crippen molar-refractivity contribution in [1.29, 1.82) is 0 Å². The molecule has 0 radical (unpaired) electrons. The number of nitro groups is 1. The lowest BCUT2D eigenvalue weighted by molar-refractivity contribution is -0.544. The van der Waals surface area contributed by atoms with Gasteiger partial charge in [-0.2, -0.15) is 0 Å². The van der Waals surface area contributed by atoms with Gasteiger partial charge in [-0.1, -0.05) is 30.3 Å². The maximum absolute atomic E-state index is 12.1. The van der Waals surface area contributed by atoms with Crippen LogP contribution in [-0.4, -0.2) is 28.1 Å². The zero-order valence-corrected chi connectivity index (χ0v) is 13.8. The average Bonchev–Trinajstić information content (AvgIpc) is 2.61. The molecule has 0 fully saturated rings. The first-order chi connectivity index (χ1) is 12.5. The topological polar surface area (TPSA) is 119 Å². The van der Waals surface area contributed by atoms with Crippen LogP contribution in [0.4, 0.5) is 5.69 Å². The van der Waals surface area contributed by atoms with E-state index in [1.807, 2.05) is 0 Å². The molecule has 0 saturated carbocycles. The largest absolute Gasteiger partial charge is 0.481 e. The summed E-state index contributed by atoms with van der Waals surface area (Å²) in [5.41, 5.74) is 1.30. The highest BCUT2D eigenvalue weighted by Crippen LogP contribution is 2.15. The van der Waals surface area contributed by atoms with E-state index < -0.39 is 23.0 Å². The summed E-state index contributed by atoms with van der Waals surface area (Å²) < 4.78 is 5.14. The Kier molecular flexibility index (Phi) is 6.67. The Morgan fingerprint density at radius 2 is 1.77 bits per heavy atom. The molecular weight excluding hydrogens is 340 g/mol. The van der Waals surface area contributed by atoms with Crippen LogP contribution in [0.15, 0.2) is 54.6 Å². The molecule has 136 valence electrons. The molecule has 1 atom stereocenters. The summed E-state index contributed by atoms with van der Waals surface area (Å²) in [4.78, 5) is 33.0. The number of carboxylic acids is 1. The van der Waals surface area contributed by atoms with Gasteiger partial charge < -0.3 is 15.2 Å². The third-order valence-electron chi connectivity index (χ3n) is 3.48. The Balaban J connectivity index is 1.95. The van der Waals surface area contributed by atoms with E-state index in [1.165, 1.54) is 12.1 Å². The molecule has 8 heteroatoms. The number of benzene rings is 2. The maximum atomic E-state index is 12.1. The fraction of sp³-hybridized carbons (Fsp3) is 0.222.